The van der Waals surface area contributed by atoms with E-state index >= 15 is 0 Å². The fraction of sp³-hybridized carbons (Fsp3) is 0.533. The molecule has 1 aromatic carbocycles. The molecule has 0 radical (unpaired) electrons. The zero-order chi connectivity index (χ0) is 13.2. The zero-order valence-corrected chi connectivity index (χ0v) is 12.4. The predicted octanol–water partition coefficient (Wildman–Crippen LogP) is 4.73. The molecule has 1 aliphatic heterocycles. The van der Waals surface area contributed by atoms with Gasteiger partial charge in [-0.3, -0.25) is 0 Å². The Hall–Kier alpha value is -0.960. The highest BCUT2D eigenvalue weighted by Gasteiger charge is 2.26. The smallest absolute Gasteiger partial charge is 0.144 e. The average molecular weight is 263 g/mol. The van der Waals surface area contributed by atoms with E-state index in [1.165, 1.54) is 23.4 Å². The zero-order valence-electron chi connectivity index (χ0n) is 11.6. The Morgan fingerprint density at radius 1 is 1.33 bits per heavy atom. The van der Waals surface area contributed by atoms with Gasteiger partial charge in [-0.15, -0.1) is 11.8 Å². The minimum atomic E-state index is 0.314. The first-order valence-electron chi connectivity index (χ1n) is 6.41. The number of thioether (sulfide) groups is 1. The molecular weight excluding hydrogens is 242 g/mol. The van der Waals surface area contributed by atoms with Gasteiger partial charge in [-0.05, 0) is 43.9 Å². The van der Waals surface area contributed by atoms with Crippen LogP contribution in [0.15, 0.2) is 23.2 Å². The summed E-state index contributed by atoms with van der Waals surface area (Å²) >= 11 is 1.90. The minimum Gasteiger partial charge on any atom is -0.494 e. The van der Waals surface area contributed by atoms with Crippen LogP contribution in [-0.2, 0) is 0 Å². The molecule has 0 N–H and O–H groups in total. The Balaban J connectivity index is 2.27. The number of aryl methyl sites for hydroxylation is 1. The first-order chi connectivity index (χ1) is 8.50. The molecule has 2 nitrogen and oxygen atoms in total. The SMILES string of the molecule is COc1cc(C)ccc1N=C1CCCC(C)(C)S1. The molecule has 1 aromatic rings. The van der Waals surface area contributed by atoms with E-state index in [-0.39, 0.29) is 0 Å². The first-order valence-corrected chi connectivity index (χ1v) is 7.23. The molecule has 1 saturated heterocycles. The Labute approximate surface area is 114 Å². The molecule has 2 rings (SSSR count). The van der Waals surface area contributed by atoms with Crippen molar-refractivity contribution in [1.82, 2.24) is 0 Å². The molecular formula is C15H21NOS. The Morgan fingerprint density at radius 2 is 2.11 bits per heavy atom. The van der Waals surface area contributed by atoms with Gasteiger partial charge in [0.15, 0.2) is 0 Å². The van der Waals surface area contributed by atoms with Gasteiger partial charge in [0.2, 0.25) is 0 Å². The van der Waals surface area contributed by atoms with E-state index in [1.54, 1.807) is 7.11 Å². The van der Waals surface area contributed by atoms with E-state index in [4.69, 9.17) is 9.73 Å². The second-order valence-corrected chi connectivity index (χ2v) is 7.18. The Bertz CT molecular complexity index is 466. The molecule has 98 valence electrons. The van der Waals surface area contributed by atoms with E-state index < -0.39 is 0 Å². The number of ether oxygens (including phenoxy) is 1. The van der Waals surface area contributed by atoms with Crippen LogP contribution in [0.2, 0.25) is 0 Å². The van der Waals surface area contributed by atoms with E-state index in [0.29, 0.717) is 4.75 Å². The summed E-state index contributed by atoms with van der Waals surface area (Å²) < 4.78 is 5.72. The third-order valence-electron chi connectivity index (χ3n) is 3.14. The lowest BCUT2D eigenvalue weighted by atomic mass is 10.1. The van der Waals surface area contributed by atoms with E-state index in [9.17, 15) is 0 Å². The fourth-order valence-corrected chi connectivity index (χ4v) is 3.45. The van der Waals surface area contributed by atoms with Gasteiger partial charge in [-0.25, -0.2) is 4.99 Å². The molecule has 0 atom stereocenters. The standard InChI is InChI=1S/C15H21NOS/c1-11-7-8-12(13(10-11)17-4)16-14-6-5-9-15(2,3)18-14/h7-8,10H,5-6,9H2,1-4H3. The number of methoxy groups -OCH3 is 1. The summed E-state index contributed by atoms with van der Waals surface area (Å²) in [6.07, 6.45) is 3.58. The minimum absolute atomic E-state index is 0.314. The number of aliphatic imine (C=N–C) groups is 1. The van der Waals surface area contributed by atoms with Crippen molar-refractivity contribution in [2.45, 2.75) is 44.8 Å². The molecule has 0 unspecified atom stereocenters. The van der Waals surface area contributed by atoms with Gasteiger partial charge < -0.3 is 4.74 Å². The third kappa shape index (κ3) is 3.29. The van der Waals surface area contributed by atoms with E-state index in [0.717, 1.165) is 17.9 Å². The largest absolute Gasteiger partial charge is 0.494 e. The van der Waals surface area contributed by atoms with Gasteiger partial charge in [-0.1, -0.05) is 19.9 Å². The van der Waals surface area contributed by atoms with Crippen molar-refractivity contribution in [3.63, 3.8) is 0 Å². The maximum Gasteiger partial charge on any atom is 0.144 e. The number of nitrogens with zero attached hydrogens (tertiary/aromatic N) is 1. The lowest BCUT2D eigenvalue weighted by molar-refractivity contribution is 0.416. The first kappa shape index (κ1) is 13.5. The summed E-state index contributed by atoms with van der Waals surface area (Å²) in [6.45, 7) is 6.65. The molecule has 18 heavy (non-hydrogen) atoms. The summed E-state index contributed by atoms with van der Waals surface area (Å²) in [5.74, 6) is 0.867. The van der Waals surface area contributed by atoms with Crippen LogP contribution < -0.4 is 4.74 Å². The van der Waals surface area contributed by atoms with Gasteiger partial charge >= 0.3 is 0 Å². The van der Waals surface area contributed by atoms with Crippen LogP contribution in [0, 0.1) is 6.92 Å². The third-order valence-corrected chi connectivity index (χ3v) is 4.43. The molecule has 1 aliphatic rings. The van der Waals surface area contributed by atoms with Crippen LogP contribution in [0.25, 0.3) is 0 Å². The van der Waals surface area contributed by atoms with Crippen molar-refractivity contribution in [3.8, 4) is 5.75 Å². The molecule has 1 fully saturated rings. The highest BCUT2D eigenvalue weighted by Crippen LogP contribution is 2.39. The lowest BCUT2D eigenvalue weighted by Gasteiger charge is -2.29. The summed E-state index contributed by atoms with van der Waals surface area (Å²) in [4.78, 5) is 4.78. The van der Waals surface area contributed by atoms with E-state index in [2.05, 4.69) is 26.8 Å². The van der Waals surface area contributed by atoms with Crippen LogP contribution >= 0.6 is 11.8 Å². The van der Waals surface area contributed by atoms with E-state index in [1.807, 2.05) is 23.9 Å². The molecule has 0 aliphatic carbocycles. The molecule has 0 saturated carbocycles. The van der Waals surface area contributed by atoms with Crippen LogP contribution in [0.3, 0.4) is 0 Å². The fourth-order valence-electron chi connectivity index (χ4n) is 2.18. The summed E-state index contributed by atoms with van der Waals surface area (Å²) in [6, 6.07) is 6.17. The van der Waals surface area contributed by atoms with Crippen molar-refractivity contribution in [2.75, 3.05) is 7.11 Å². The number of rotatable bonds is 2. The maximum absolute atomic E-state index is 5.40. The quantitative estimate of drug-likeness (QED) is 0.769. The van der Waals surface area contributed by atoms with Crippen molar-refractivity contribution < 1.29 is 4.74 Å². The Kier molecular flexibility index (Phi) is 4.00. The number of hydrogen-bond acceptors (Lipinski definition) is 3. The number of hydrogen-bond donors (Lipinski definition) is 0. The van der Waals surface area contributed by atoms with Crippen LogP contribution in [0.5, 0.6) is 5.75 Å². The molecule has 0 amide bonds. The van der Waals surface area contributed by atoms with Gasteiger partial charge in [0.25, 0.3) is 0 Å². The van der Waals surface area contributed by atoms with Crippen molar-refractivity contribution in [2.24, 2.45) is 4.99 Å². The molecule has 1 heterocycles. The molecule has 0 bridgehead atoms. The van der Waals surface area contributed by atoms with Gasteiger partial charge in [0, 0.05) is 4.75 Å². The van der Waals surface area contributed by atoms with Crippen molar-refractivity contribution in [3.05, 3.63) is 23.8 Å². The second-order valence-electron chi connectivity index (χ2n) is 5.40. The highest BCUT2D eigenvalue weighted by atomic mass is 32.2. The van der Waals surface area contributed by atoms with Crippen LogP contribution in [-0.4, -0.2) is 16.9 Å². The highest BCUT2D eigenvalue weighted by molar-refractivity contribution is 8.15. The monoisotopic (exact) mass is 263 g/mol. The second kappa shape index (κ2) is 5.35. The molecule has 0 aromatic heterocycles. The number of benzene rings is 1. The van der Waals surface area contributed by atoms with Crippen molar-refractivity contribution in [1.29, 1.82) is 0 Å². The van der Waals surface area contributed by atoms with Gasteiger partial charge in [-0.2, -0.15) is 0 Å². The van der Waals surface area contributed by atoms with Crippen LogP contribution in [0.4, 0.5) is 5.69 Å². The molecule has 3 heteroatoms. The maximum atomic E-state index is 5.40. The summed E-state index contributed by atoms with van der Waals surface area (Å²) in [5, 5.41) is 1.23. The van der Waals surface area contributed by atoms with Gasteiger partial charge in [0.05, 0.1) is 12.2 Å². The average Bonchev–Trinajstić information content (AvgIpc) is 2.30. The topological polar surface area (TPSA) is 21.6 Å². The van der Waals surface area contributed by atoms with Crippen LogP contribution in [0.1, 0.15) is 38.7 Å². The summed E-state index contributed by atoms with van der Waals surface area (Å²) in [7, 11) is 1.70. The predicted molar refractivity (Wildman–Crippen MR) is 80.3 cm³/mol. The normalized spacial score (nSPS) is 21.0. The van der Waals surface area contributed by atoms with Crippen molar-refractivity contribution >= 4 is 22.5 Å². The molecule has 0 spiro atoms. The summed E-state index contributed by atoms with van der Waals surface area (Å²) in [5.41, 5.74) is 2.15. The lowest BCUT2D eigenvalue weighted by Crippen LogP contribution is -2.22. The Morgan fingerprint density at radius 3 is 2.78 bits per heavy atom. The van der Waals surface area contributed by atoms with Gasteiger partial charge in [0.1, 0.15) is 11.4 Å².